The first-order valence-corrected chi connectivity index (χ1v) is 10.1. The molecule has 0 fully saturated rings. The molecule has 0 amide bonds. The molecule has 0 heterocycles. The van der Waals surface area contributed by atoms with E-state index in [1.807, 2.05) is 0 Å². The smallest absolute Gasteiger partial charge is 0.377 e. The van der Waals surface area contributed by atoms with E-state index in [1.54, 1.807) is 21.3 Å². The fourth-order valence-electron chi connectivity index (χ4n) is 2.60. The van der Waals surface area contributed by atoms with E-state index in [9.17, 15) is 0 Å². The highest BCUT2D eigenvalue weighted by Gasteiger charge is 2.37. The number of rotatable bonds is 12. The Morgan fingerprint density at radius 3 is 2.23 bits per heavy atom. The molecule has 0 aliphatic heterocycles. The summed E-state index contributed by atoms with van der Waals surface area (Å²) in [6.07, 6.45) is 4.40. The third-order valence-corrected chi connectivity index (χ3v) is 6.91. The molecule has 0 spiro atoms. The van der Waals surface area contributed by atoms with Crippen LogP contribution in [0.25, 0.3) is 0 Å². The molecule has 5 heteroatoms. The summed E-state index contributed by atoms with van der Waals surface area (Å²) in [4.78, 5) is 0. The summed E-state index contributed by atoms with van der Waals surface area (Å²) in [5.41, 5.74) is 1.40. The summed E-state index contributed by atoms with van der Waals surface area (Å²) in [6.45, 7) is 3.25. The van der Waals surface area contributed by atoms with Gasteiger partial charge in [-0.25, -0.2) is 0 Å². The van der Waals surface area contributed by atoms with Crippen LogP contribution in [0.2, 0.25) is 6.04 Å². The molecule has 1 atom stereocenters. The van der Waals surface area contributed by atoms with Gasteiger partial charge in [0.05, 0.1) is 0 Å². The quantitative estimate of drug-likeness (QED) is 0.473. The Morgan fingerprint density at radius 2 is 1.68 bits per heavy atom. The van der Waals surface area contributed by atoms with Crippen molar-refractivity contribution in [1.29, 1.82) is 0 Å². The maximum Gasteiger partial charge on any atom is 0.500 e. The van der Waals surface area contributed by atoms with Gasteiger partial charge in [-0.05, 0) is 37.8 Å². The van der Waals surface area contributed by atoms with Crippen LogP contribution >= 0.6 is 0 Å². The van der Waals surface area contributed by atoms with E-state index in [0.29, 0.717) is 6.04 Å². The first-order chi connectivity index (χ1) is 10.7. The van der Waals surface area contributed by atoms with E-state index in [1.165, 1.54) is 5.56 Å². The van der Waals surface area contributed by atoms with Gasteiger partial charge in [0, 0.05) is 33.4 Å². The zero-order valence-electron chi connectivity index (χ0n) is 14.4. The Bertz CT molecular complexity index is 376. The van der Waals surface area contributed by atoms with Gasteiger partial charge >= 0.3 is 8.80 Å². The molecular weight excluding hydrogens is 294 g/mol. The maximum atomic E-state index is 5.48. The summed E-state index contributed by atoms with van der Waals surface area (Å²) < 4.78 is 16.4. The molecule has 126 valence electrons. The third-order valence-electron chi connectivity index (χ3n) is 4.14. The average Bonchev–Trinajstić information content (AvgIpc) is 2.59. The number of aryl methyl sites for hydroxylation is 1. The van der Waals surface area contributed by atoms with Crippen LogP contribution in [0.4, 0.5) is 0 Å². The van der Waals surface area contributed by atoms with Gasteiger partial charge < -0.3 is 18.6 Å². The minimum absolute atomic E-state index is 0.489. The Labute approximate surface area is 136 Å². The standard InChI is InChI=1S/C17H31NO3Si/c1-5-17(13-15-22(19-2,20-3)21-4)18-14-9-12-16-10-7-6-8-11-16/h6-8,10-11,17-18H,5,9,12-15H2,1-4H3. The van der Waals surface area contributed by atoms with Gasteiger partial charge in [-0.15, -0.1) is 0 Å². The molecule has 1 N–H and O–H groups in total. The second-order valence-corrected chi connectivity index (χ2v) is 8.57. The number of hydrogen-bond donors (Lipinski definition) is 1. The highest BCUT2D eigenvalue weighted by Crippen LogP contribution is 2.17. The van der Waals surface area contributed by atoms with Crippen LogP contribution in [0, 0.1) is 0 Å². The SMILES string of the molecule is CCC(CC[Si](OC)(OC)OC)NCCCc1ccccc1. The molecule has 0 aliphatic rings. The van der Waals surface area contributed by atoms with E-state index < -0.39 is 8.80 Å². The van der Waals surface area contributed by atoms with Crippen molar-refractivity contribution in [1.82, 2.24) is 5.32 Å². The Hall–Kier alpha value is -0.723. The lowest BCUT2D eigenvalue weighted by atomic mass is 10.1. The van der Waals surface area contributed by atoms with Crippen LogP contribution in [0.3, 0.4) is 0 Å². The summed E-state index contributed by atoms with van der Waals surface area (Å²) in [5.74, 6) is 0. The first-order valence-electron chi connectivity index (χ1n) is 8.12. The number of hydrogen-bond acceptors (Lipinski definition) is 4. The van der Waals surface area contributed by atoms with Crippen molar-refractivity contribution in [3.05, 3.63) is 35.9 Å². The minimum Gasteiger partial charge on any atom is -0.377 e. The van der Waals surface area contributed by atoms with Gasteiger partial charge in [-0.3, -0.25) is 0 Å². The second kappa shape index (κ2) is 10.9. The van der Waals surface area contributed by atoms with Crippen molar-refractivity contribution in [3.63, 3.8) is 0 Å². The van der Waals surface area contributed by atoms with Gasteiger partial charge in [-0.1, -0.05) is 37.3 Å². The van der Waals surface area contributed by atoms with Crippen LogP contribution in [0.5, 0.6) is 0 Å². The van der Waals surface area contributed by atoms with Gasteiger partial charge in [0.1, 0.15) is 0 Å². The predicted octanol–water partition coefficient (Wildman–Crippen LogP) is 3.26. The highest BCUT2D eigenvalue weighted by atomic mass is 28.4. The highest BCUT2D eigenvalue weighted by molar-refractivity contribution is 6.60. The molecule has 0 saturated carbocycles. The van der Waals surface area contributed by atoms with Crippen molar-refractivity contribution in [2.45, 2.75) is 44.7 Å². The van der Waals surface area contributed by atoms with Crippen molar-refractivity contribution in [3.8, 4) is 0 Å². The van der Waals surface area contributed by atoms with Gasteiger partial charge in [0.15, 0.2) is 0 Å². The fourth-order valence-corrected chi connectivity index (χ4v) is 4.42. The third kappa shape index (κ3) is 6.58. The molecule has 0 bridgehead atoms. The van der Waals surface area contributed by atoms with Crippen molar-refractivity contribution in [2.75, 3.05) is 27.9 Å². The topological polar surface area (TPSA) is 39.7 Å². The molecule has 0 saturated heterocycles. The molecule has 22 heavy (non-hydrogen) atoms. The van der Waals surface area contributed by atoms with Crippen LogP contribution in [0.1, 0.15) is 31.7 Å². The maximum absolute atomic E-state index is 5.48. The number of benzene rings is 1. The predicted molar refractivity (Wildman–Crippen MR) is 93.0 cm³/mol. The summed E-state index contributed by atoms with van der Waals surface area (Å²) in [6, 6.07) is 12.0. The summed E-state index contributed by atoms with van der Waals surface area (Å²) in [5, 5.41) is 3.64. The van der Waals surface area contributed by atoms with Gasteiger partial charge in [-0.2, -0.15) is 0 Å². The van der Waals surface area contributed by atoms with Crippen LogP contribution in [-0.4, -0.2) is 42.7 Å². The Balaban J connectivity index is 2.27. The van der Waals surface area contributed by atoms with E-state index in [4.69, 9.17) is 13.3 Å². The molecule has 1 unspecified atom stereocenters. The van der Waals surface area contributed by atoms with Crippen LogP contribution in [-0.2, 0) is 19.7 Å². The Kier molecular flexibility index (Phi) is 9.59. The lowest BCUT2D eigenvalue weighted by molar-refractivity contribution is 0.121. The Morgan fingerprint density at radius 1 is 1.05 bits per heavy atom. The van der Waals surface area contributed by atoms with E-state index >= 15 is 0 Å². The lowest BCUT2D eigenvalue weighted by Crippen LogP contribution is -2.44. The van der Waals surface area contributed by atoms with Crippen molar-refractivity contribution in [2.24, 2.45) is 0 Å². The monoisotopic (exact) mass is 325 g/mol. The lowest BCUT2D eigenvalue weighted by Gasteiger charge is -2.26. The molecule has 1 aromatic carbocycles. The normalized spacial score (nSPS) is 13.3. The molecule has 1 aromatic rings. The van der Waals surface area contributed by atoms with Crippen molar-refractivity contribution >= 4 is 8.80 Å². The molecule has 0 aromatic heterocycles. The fraction of sp³-hybridized carbons (Fsp3) is 0.647. The van der Waals surface area contributed by atoms with E-state index in [2.05, 4.69) is 42.6 Å². The zero-order valence-corrected chi connectivity index (χ0v) is 15.4. The second-order valence-electron chi connectivity index (χ2n) is 5.48. The molecule has 0 radical (unpaired) electrons. The van der Waals surface area contributed by atoms with Crippen LogP contribution in [0.15, 0.2) is 30.3 Å². The van der Waals surface area contributed by atoms with E-state index in [-0.39, 0.29) is 0 Å². The first kappa shape index (κ1) is 19.3. The molecule has 0 aliphatic carbocycles. The zero-order chi connectivity index (χ0) is 16.3. The van der Waals surface area contributed by atoms with Crippen LogP contribution < -0.4 is 5.32 Å². The number of nitrogens with one attached hydrogen (secondary N) is 1. The van der Waals surface area contributed by atoms with Gasteiger partial charge in [0.25, 0.3) is 0 Å². The minimum atomic E-state index is -2.44. The summed E-state index contributed by atoms with van der Waals surface area (Å²) >= 11 is 0. The average molecular weight is 326 g/mol. The largest absolute Gasteiger partial charge is 0.500 e. The van der Waals surface area contributed by atoms with Crippen molar-refractivity contribution < 1.29 is 13.3 Å². The van der Waals surface area contributed by atoms with E-state index in [0.717, 1.165) is 38.3 Å². The van der Waals surface area contributed by atoms with Gasteiger partial charge in [0.2, 0.25) is 0 Å². The molecular formula is C17H31NO3Si. The molecule has 1 rings (SSSR count). The molecule has 4 nitrogen and oxygen atoms in total. The summed E-state index contributed by atoms with van der Waals surface area (Å²) in [7, 11) is 2.59.